The highest BCUT2D eigenvalue weighted by atomic mass is 35.5. The fourth-order valence-electron chi connectivity index (χ4n) is 5.30. The van der Waals surface area contributed by atoms with Crippen molar-refractivity contribution in [1.29, 1.82) is 0 Å². The Labute approximate surface area is 179 Å². The van der Waals surface area contributed by atoms with E-state index in [9.17, 15) is 9.59 Å². The van der Waals surface area contributed by atoms with E-state index in [-0.39, 0.29) is 36.2 Å². The topological polar surface area (TPSA) is 75.9 Å². The van der Waals surface area contributed by atoms with E-state index in [1.165, 1.54) is 19.3 Å². The highest BCUT2D eigenvalue weighted by Crippen LogP contribution is 2.42. The van der Waals surface area contributed by atoms with Gasteiger partial charge in [-0.05, 0) is 61.8 Å². The quantitative estimate of drug-likeness (QED) is 0.813. The van der Waals surface area contributed by atoms with Crippen molar-refractivity contribution in [2.24, 2.45) is 23.5 Å². The van der Waals surface area contributed by atoms with Gasteiger partial charge in [-0.3, -0.25) is 9.59 Å². The van der Waals surface area contributed by atoms with Gasteiger partial charge in [0.25, 0.3) is 5.91 Å². The van der Waals surface area contributed by atoms with Crippen molar-refractivity contribution in [2.75, 3.05) is 33.3 Å². The highest BCUT2D eigenvalue weighted by Gasteiger charge is 2.42. The van der Waals surface area contributed by atoms with E-state index < -0.39 is 0 Å². The summed E-state index contributed by atoms with van der Waals surface area (Å²) in [6.07, 6.45) is 5.50. The maximum absolute atomic E-state index is 13.1. The zero-order valence-corrected chi connectivity index (χ0v) is 17.9. The van der Waals surface area contributed by atoms with Crippen molar-refractivity contribution >= 4 is 24.2 Å². The number of hydrogen-bond acceptors (Lipinski definition) is 4. The molecule has 29 heavy (non-hydrogen) atoms. The molecule has 1 aromatic rings. The number of piperazine rings is 1. The van der Waals surface area contributed by atoms with Crippen molar-refractivity contribution in [3.63, 3.8) is 0 Å². The van der Waals surface area contributed by atoms with Crippen LogP contribution in [-0.4, -0.2) is 60.9 Å². The average Bonchev–Trinajstić information content (AvgIpc) is 2.73. The fourth-order valence-corrected chi connectivity index (χ4v) is 5.30. The Morgan fingerprint density at radius 2 is 1.52 bits per heavy atom. The minimum absolute atomic E-state index is 0. The third-order valence-corrected chi connectivity index (χ3v) is 6.98. The van der Waals surface area contributed by atoms with E-state index >= 15 is 0 Å². The minimum atomic E-state index is 0. The van der Waals surface area contributed by atoms with Crippen LogP contribution in [0.15, 0.2) is 24.3 Å². The molecular formula is C22H32ClN3O3. The maximum Gasteiger partial charge on any atom is 0.253 e. The van der Waals surface area contributed by atoms with Gasteiger partial charge in [0.05, 0.1) is 7.11 Å². The van der Waals surface area contributed by atoms with E-state index in [1.54, 1.807) is 31.4 Å². The van der Waals surface area contributed by atoms with Gasteiger partial charge in [0, 0.05) is 43.7 Å². The molecule has 2 aliphatic carbocycles. The molecule has 1 heterocycles. The molecule has 2 unspecified atom stereocenters. The van der Waals surface area contributed by atoms with Crippen LogP contribution in [0.2, 0.25) is 0 Å². The van der Waals surface area contributed by atoms with Gasteiger partial charge in [-0.2, -0.15) is 0 Å². The van der Waals surface area contributed by atoms with Crippen LogP contribution in [0.4, 0.5) is 0 Å². The van der Waals surface area contributed by atoms with E-state index in [0.29, 0.717) is 43.6 Å². The summed E-state index contributed by atoms with van der Waals surface area (Å²) in [5.41, 5.74) is 7.03. The van der Waals surface area contributed by atoms with Crippen molar-refractivity contribution in [3.05, 3.63) is 29.8 Å². The summed E-state index contributed by atoms with van der Waals surface area (Å²) in [5.74, 6) is 2.19. The van der Waals surface area contributed by atoms with Gasteiger partial charge < -0.3 is 20.3 Å². The maximum atomic E-state index is 13.1. The highest BCUT2D eigenvalue weighted by molar-refractivity contribution is 5.94. The summed E-state index contributed by atoms with van der Waals surface area (Å²) in [7, 11) is 1.61. The summed E-state index contributed by atoms with van der Waals surface area (Å²) in [4.78, 5) is 29.6. The average molecular weight is 422 g/mol. The lowest BCUT2D eigenvalue weighted by Crippen LogP contribution is -2.54. The Morgan fingerprint density at radius 3 is 2.07 bits per heavy atom. The fraction of sp³-hybridized carbons (Fsp3) is 0.636. The molecule has 1 saturated heterocycles. The molecule has 6 nitrogen and oxygen atoms in total. The molecule has 2 saturated carbocycles. The van der Waals surface area contributed by atoms with Crippen molar-refractivity contribution < 1.29 is 14.3 Å². The number of nitrogens with zero attached hydrogens (tertiary/aromatic N) is 2. The first-order valence-corrected chi connectivity index (χ1v) is 10.5. The number of methoxy groups -OCH3 is 1. The second-order valence-corrected chi connectivity index (χ2v) is 8.54. The van der Waals surface area contributed by atoms with Crippen LogP contribution in [0.1, 0.15) is 42.5 Å². The number of amides is 2. The van der Waals surface area contributed by atoms with Crippen LogP contribution in [0.25, 0.3) is 0 Å². The Kier molecular flexibility index (Phi) is 7.06. The van der Waals surface area contributed by atoms with Gasteiger partial charge in [0.1, 0.15) is 5.75 Å². The number of ether oxygens (including phenoxy) is 1. The van der Waals surface area contributed by atoms with Gasteiger partial charge in [-0.1, -0.05) is 6.42 Å². The Hall–Kier alpha value is -1.79. The molecule has 1 aliphatic heterocycles. The molecule has 7 heteroatoms. The summed E-state index contributed by atoms with van der Waals surface area (Å²) in [6.45, 7) is 2.43. The number of carbonyl (C=O) groups excluding carboxylic acids is 2. The monoisotopic (exact) mass is 421 g/mol. The summed E-state index contributed by atoms with van der Waals surface area (Å²) in [5, 5.41) is 0. The van der Waals surface area contributed by atoms with Gasteiger partial charge >= 0.3 is 0 Å². The lowest BCUT2D eigenvalue weighted by atomic mass is 9.65. The van der Waals surface area contributed by atoms with Crippen molar-refractivity contribution in [2.45, 2.75) is 38.1 Å². The summed E-state index contributed by atoms with van der Waals surface area (Å²) >= 11 is 0. The largest absolute Gasteiger partial charge is 0.497 e. The molecule has 3 aliphatic rings. The lowest BCUT2D eigenvalue weighted by molar-refractivity contribution is -0.140. The van der Waals surface area contributed by atoms with Gasteiger partial charge in [0.2, 0.25) is 5.91 Å². The molecular weight excluding hydrogens is 390 g/mol. The predicted molar refractivity (Wildman–Crippen MR) is 114 cm³/mol. The van der Waals surface area contributed by atoms with Gasteiger partial charge in [-0.15, -0.1) is 12.4 Å². The molecule has 160 valence electrons. The summed E-state index contributed by atoms with van der Waals surface area (Å²) in [6, 6.07) is 7.48. The molecule has 0 aromatic heterocycles. The molecule has 2 N–H and O–H groups in total. The molecule has 0 spiro atoms. The zero-order valence-electron chi connectivity index (χ0n) is 17.1. The zero-order chi connectivity index (χ0) is 19.7. The number of fused-ring (bicyclic) bond motifs is 2. The molecule has 2 amide bonds. The van der Waals surface area contributed by atoms with Crippen LogP contribution in [0.5, 0.6) is 5.75 Å². The number of nitrogens with two attached hydrogens (primary N) is 1. The first-order valence-electron chi connectivity index (χ1n) is 10.5. The van der Waals surface area contributed by atoms with E-state index in [1.807, 2.05) is 9.80 Å². The number of rotatable bonds is 3. The number of benzene rings is 1. The van der Waals surface area contributed by atoms with Crippen molar-refractivity contribution in [1.82, 2.24) is 9.80 Å². The third kappa shape index (κ3) is 4.53. The first kappa shape index (κ1) is 21.9. The first-order chi connectivity index (χ1) is 13.6. The van der Waals surface area contributed by atoms with Crippen LogP contribution >= 0.6 is 12.4 Å². The van der Waals surface area contributed by atoms with E-state index in [2.05, 4.69) is 0 Å². The number of hydrogen-bond donors (Lipinski definition) is 1. The molecule has 2 bridgehead atoms. The van der Waals surface area contributed by atoms with Crippen LogP contribution in [-0.2, 0) is 4.79 Å². The van der Waals surface area contributed by atoms with Crippen molar-refractivity contribution in [3.8, 4) is 5.75 Å². The molecule has 3 fully saturated rings. The minimum Gasteiger partial charge on any atom is -0.497 e. The van der Waals surface area contributed by atoms with Crippen LogP contribution < -0.4 is 10.5 Å². The second kappa shape index (κ2) is 9.35. The van der Waals surface area contributed by atoms with Crippen LogP contribution in [0.3, 0.4) is 0 Å². The SMILES string of the molecule is COc1ccc(C(=O)N2CCN(C(=O)C3CC4CCCC(C3)C4N)CC2)cc1.Cl. The third-order valence-electron chi connectivity index (χ3n) is 6.98. The second-order valence-electron chi connectivity index (χ2n) is 8.54. The predicted octanol–water partition coefficient (Wildman–Crippen LogP) is 2.56. The smallest absolute Gasteiger partial charge is 0.253 e. The Balaban J connectivity index is 0.00000240. The lowest BCUT2D eigenvalue weighted by Gasteiger charge is -2.45. The summed E-state index contributed by atoms with van der Waals surface area (Å²) < 4.78 is 5.15. The number of halogens is 1. The van der Waals surface area contributed by atoms with Gasteiger partial charge in [0.15, 0.2) is 0 Å². The van der Waals surface area contributed by atoms with E-state index in [4.69, 9.17) is 10.5 Å². The molecule has 1 aromatic carbocycles. The standard InChI is InChI=1S/C22H31N3O3.ClH/c1-28-19-7-5-15(6-8-19)21(26)24-9-11-25(12-10-24)22(27)18-13-16-3-2-4-17(14-18)20(16)23;/h5-8,16-18,20H,2-4,9-14,23H2,1H3;1H. The normalized spacial score (nSPS) is 29.0. The molecule has 4 rings (SSSR count). The van der Waals surface area contributed by atoms with Gasteiger partial charge in [-0.25, -0.2) is 0 Å². The van der Waals surface area contributed by atoms with E-state index in [0.717, 1.165) is 18.6 Å². The molecule has 2 atom stereocenters. The van der Waals surface area contributed by atoms with Crippen LogP contribution in [0, 0.1) is 17.8 Å². The number of carbonyl (C=O) groups is 2. The molecule has 0 radical (unpaired) electrons. The Bertz CT molecular complexity index is 705. The Morgan fingerprint density at radius 1 is 0.966 bits per heavy atom.